The van der Waals surface area contributed by atoms with Crippen molar-refractivity contribution >= 4 is 6.03 Å². The normalized spacial score (nSPS) is 15.3. The number of nitrogens with zero attached hydrogens (tertiary/aromatic N) is 1. The lowest BCUT2D eigenvalue weighted by molar-refractivity contribution is 0.188. The topological polar surface area (TPSA) is 41.6 Å². The first-order chi connectivity index (χ1) is 11.0. The summed E-state index contributed by atoms with van der Waals surface area (Å²) < 4.78 is 5.25. The zero-order valence-electron chi connectivity index (χ0n) is 14.8. The lowest BCUT2D eigenvalue weighted by Gasteiger charge is -2.26. The van der Waals surface area contributed by atoms with Crippen LogP contribution >= 0.6 is 0 Å². The van der Waals surface area contributed by atoms with E-state index in [1.54, 1.807) is 7.11 Å². The number of methoxy groups -OCH3 is 1. The quantitative estimate of drug-likeness (QED) is 0.791. The van der Waals surface area contributed by atoms with Gasteiger partial charge in [0.05, 0.1) is 7.11 Å². The zero-order chi connectivity index (χ0) is 16.8. The Kier molecular flexibility index (Phi) is 6.31. The maximum Gasteiger partial charge on any atom is 0.317 e. The highest BCUT2D eigenvalue weighted by Crippen LogP contribution is 2.27. The number of rotatable bonds is 8. The summed E-state index contributed by atoms with van der Waals surface area (Å²) >= 11 is 0. The van der Waals surface area contributed by atoms with E-state index in [-0.39, 0.29) is 12.1 Å². The third-order valence-corrected chi connectivity index (χ3v) is 4.24. The highest BCUT2D eigenvalue weighted by Gasteiger charge is 2.32. The highest BCUT2D eigenvalue weighted by molar-refractivity contribution is 5.75. The monoisotopic (exact) mass is 318 g/mol. The van der Waals surface area contributed by atoms with Crippen LogP contribution in [-0.2, 0) is 6.42 Å². The zero-order valence-corrected chi connectivity index (χ0v) is 14.8. The van der Waals surface area contributed by atoms with E-state index in [0.29, 0.717) is 12.0 Å². The van der Waals surface area contributed by atoms with Gasteiger partial charge in [0.1, 0.15) is 5.75 Å². The summed E-state index contributed by atoms with van der Waals surface area (Å²) in [5, 5.41) is 3.16. The van der Waals surface area contributed by atoms with Gasteiger partial charge in [-0.2, -0.15) is 0 Å². The van der Waals surface area contributed by atoms with Gasteiger partial charge in [-0.25, -0.2) is 4.79 Å². The minimum Gasteiger partial charge on any atom is -0.497 e. The van der Waals surface area contributed by atoms with Gasteiger partial charge >= 0.3 is 6.03 Å². The van der Waals surface area contributed by atoms with Crippen molar-refractivity contribution in [3.63, 3.8) is 0 Å². The van der Waals surface area contributed by atoms with Crippen LogP contribution in [0.1, 0.15) is 45.6 Å². The third kappa shape index (κ3) is 5.77. The smallest absolute Gasteiger partial charge is 0.317 e. The van der Waals surface area contributed by atoms with E-state index in [9.17, 15) is 4.79 Å². The van der Waals surface area contributed by atoms with Crippen molar-refractivity contribution in [3.8, 4) is 5.75 Å². The van der Waals surface area contributed by atoms with Gasteiger partial charge in [0.2, 0.25) is 0 Å². The van der Waals surface area contributed by atoms with Crippen LogP contribution in [0.4, 0.5) is 4.79 Å². The number of hydrogen-bond acceptors (Lipinski definition) is 2. The second-order valence-corrected chi connectivity index (χ2v) is 7.01. The molecular formula is C19H30N2O2. The molecule has 1 aliphatic carbocycles. The van der Waals surface area contributed by atoms with Gasteiger partial charge in [0.25, 0.3) is 0 Å². The van der Waals surface area contributed by atoms with Gasteiger partial charge in [0.15, 0.2) is 0 Å². The molecule has 1 N–H and O–H groups in total. The molecule has 128 valence electrons. The van der Waals surface area contributed by atoms with Gasteiger partial charge in [0, 0.05) is 18.6 Å². The van der Waals surface area contributed by atoms with Crippen LogP contribution in [0.2, 0.25) is 0 Å². The summed E-state index contributed by atoms with van der Waals surface area (Å²) in [6, 6.07) is 8.68. The van der Waals surface area contributed by atoms with Crippen molar-refractivity contribution in [3.05, 3.63) is 29.8 Å². The summed E-state index contributed by atoms with van der Waals surface area (Å²) in [5.74, 6) is 1.48. The Labute approximate surface area is 140 Å². The minimum absolute atomic E-state index is 0.0866. The fourth-order valence-electron chi connectivity index (χ4n) is 2.73. The lowest BCUT2D eigenvalue weighted by Crippen LogP contribution is -2.46. The van der Waals surface area contributed by atoms with Gasteiger partial charge in [-0.1, -0.05) is 26.0 Å². The van der Waals surface area contributed by atoms with Crippen LogP contribution in [-0.4, -0.2) is 36.7 Å². The first kappa shape index (κ1) is 17.6. The number of urea groups is 1. The van der Waals surface area contributed by atoms with Crippen LogP contribution in [0.5, 0.6) is 5.75 Å². The van der Waals surface area contributed by atoms with Gasteiger partial charge in [-0.05, 0) is 56.2 Å². The van der Waals surface area contributed by atoms with E-state index in [2.05, 4.69) is 32.2 Å². The molecular weight excluding hydrogens is 288 g/mol. The third-order valence-electron chi connectivity index (χ3n) is 4.24. The number of carbonyl (C=O) groups excluding carboxylic acids is 1. The van der Waals surface area contributed by atoms with Crippen molar-refractivity contribution in [1.29, 1.82) is 0 Å². The molecule has 2 rings (SSSR count). The summed E-state index contributed by atoms with van der Waals surface area (Å²) in [6.07, 6.45) is 4.17. The Balaban J connectivity index is 1.87. The molecule has 4 heteroatoms. The number of ether oxygens (including phenoxy) is 1. The Hall–Kier alpha value is -1.71. The van der Waals surface area contributed by atoms with E-state index in [4.69, 9.17) is 4.74 Å². The first-order valence-corrected chi connectivity index (χ1v) is 8.69. The van der Waals surface area contributed by atoms with Gasteiger partial charge < -0.3 is 15.0 Å². The molecule has 0 spiro atoms. The van der Waals surface area contributed by atoms with E-state index in [1.165, 1.54) is 5.56 Å². The molecule has 23 heavy (non-hydrogen) atoms. The summed E-state index contributed by atoms with van der Waals surface area (Å²) in [7, 11) is 1.67. The molecule has 1 aliphatic rings. The van der Waals surface area contributed by atoms with E-state index >= 15 is 0 Å². The molecule has 1 aromatic carbocycles. The Bertz CT molecular complexity index is 512. The Morgan fingerprint density at radius 3 is 2.70 bits per heavy atom. The maximum absolute atomic E-state index is 12.6. The molecule has 1 fully saturated rings. The number of nitrogens with one attached hydrogen (secondary N) is 1. The Morgan fingerprint density at radius 2 is 2.09 bits per heavy atom. The molecule has 0 heterocycles. The fourth-order valence-corrected chi connectivity index (χ4v) is 2.73. The summed E-state index contributed by atoms with van der Waals surface area (Å²) in [5.41, 5.74) is 1.18. The minimum atomic E-state index is 0.0866. The number of amides is 2. The van der Waals surface area contributed by atoms with Crippen molar-refractivity contribution in [1.82, 2.24) is 10.2 Å². The molecule has 1 saturated carbocycles. The average molecular weight is 318 g/mol. The number of hydrogen-bond donors (Lipinski definition) is 1. The van der Waals surface area contributed by atoms with Crippen LogP contribution in [0, 0.1) is 5.92 Å². The second-order valence-electron chi connectivity index (χ2n) is 7.01. The van der Waals surface area contributed by atoms with Crippen molar-refractivity contribution in [2.75, 3.05) is 13.7 Å². The molecule has 0 aromatic heterocycles. The molecule has 1 unspecified atom stereocenters. The Morgan fingerprint density at radius 1 is 1.35 bits per heavy atom. The maximum atomic E-state index is 12.6. The van der Waals surface area contributed by atoms with E-state index < -0.39 is 0 Å². The van der Waals surface area contributed by atoms with Gasteiger partial charge in [-0.15, -0.1) is 0 Å². The number of carbonyl (C=O) groups is 1. The van der Waals surface area contributed by atoms with Gasteiger partial charge in [-0.3, -0.25) is 0 Å². The largest absolute Gasteiger partial charge is 0.497 e. The number of benzene rings is 1. The van der Waals surface area contributed by atoms with E-state index in [1.807, 2.05) is 23.1 Å². The van der Waals surface area contributed by atoms with Crippen molar-refractivity contribution < 1.29 is 9.53 Å². The predicted octanol–water partition coefficient (Wildman–Crippen LogP) is 3.85. The molecule has 0 aliphatic heterocycles. The average Bonchev–Trinajstić information content (AvgIpc) is 3.32. The SMILES string of the molecule is COc1cccc(CC(C)NC(=O)N(CCC(C)C)C2CC2)c1. The summed E-state index contributed by atoms with van der Waals surface area (Å²) in [6.45, 7) is 7.33. The highest BCUT2D eigenvalue weighted by atomic mass is 16.5. The van der Waals surface area contributed by atoms with Crippen molar-refractivity contribution in [2.45, 2.75) is 58.5 Å². The standard InChI is InChI=1S/C19H30N2O2/c1-14(2)10-11-21(17-8-9-17)19(22)20-15(3)12-16-6-5-7-18(13-16)23-4/h5-7,13-15,17H,8-12H2,1-4H3,(H,20,22). The molecule has 0 bridgehead atoms. The molecule has 4 nitrogen and oxygen atoms in total. The fraction of sp³-hybridized carbons (Fsp3) is 0.632. The van der Waals surface area contributed by atoms with Crippen LogP contribution in [0.25, 0.3) is 0 Å². The molecule has 1 atom stereocenters. The summed E-state index contributed by atoms with van der Waals surface area (Å²) in [4.78, 5) is 14.6. The lowest BCUT2D eigenvalue weighted by atomic mass is 10.1. The molecule has 2 amide bonds. The molecule has 0 saturated heterocycles. The first-order valence-electron chi connectivity index (χ1n) is 8.69. The van der Waals surface area contributed by atoms with Crippen LogP contribution in [0.15, 0.2) is 24.3 Å². The second kappa shape index (κ2) is 8.23. The molecule has 0 radical (unpaired) electrons. The van der Waals surface area contributed by atoms with E-state index in [0.717, 1.165) is 38.0 Å². The molecule has 1 aromatic rings. The predicted molar refractivity (Wildman–Crippen MR) is 93.9 cm³/mol. The van der Waals surface area contributed by atoms with Crippen molar-refractivity contribution in [2.24, 2.45) is 5.92 Å². The van der Waals surface area contributed by atoms with Crippen LogP contribution in [0.3, 0.4) is 0 Å². The van der Waals surface area contributed by atoms with Crippen LogP contribution < -0.4 is 10.1 Å².